The summed E-state index contributed by atoms with van der Waals surface area (Å²) in [5.41, 5.74) is 1.27. The van der Waals surface area contributed by atoms with E-state index in [0.29, 0.717) is 0 Å². The standard InChI is InChI=1S/C17H15BrFNS/c1-20-15(8-11-3-2-4-13(18)7-11)17-9-12-5-6-14(19)10-16(12)21-17/h2-7,9-10,15,20H,8H2,1H3. The minimum atomic E-state index is -0.177. The van der Waals surface area contributed by atoms with Crippen LogP contribution in [0.4, 0.5) is 4.39 Å². The molecule has 0 saturated heterocycles. The molecule has 0 aliphatic carbocycles. The van der Waals surface area contributed by atoms with Gasteiger partial charge in [-0.2, -0.15) is 0 Å². The van der Waals surface area contributed by atoms with Crippen LogP contribution in [0.2, 0.25) is 0 Å². The fourth-order valence-corrected chi connectivity index (χ4v) is 4.09. The third-order valence-electron chi connectivity index (χ3n) is 3.52. The molecule has 0 saturated carbocycles. The van der Waals surface area contributed by atoms with Gasteiger partial charge in [-0.1, -0.05) is 34.1 Å². The van der Waals surface area contributed by atoms with Crippen molar-refractivity contribution >= 4 is 37.4 Å². The third kappa shape index (κ3) is 3.34. The Bertz CT molecular complexity index is 768. The van der Waals surface area contributed by atoms with Gasteiger partial charge in [0.15, 0.2) is 0 Å². The average Bonchev–Trinajstić information content (AvgIpc) is 2.87. The number of fused-ring (bicyclic) bond motifs is 1. The van der Waals surface area contributed by atoms with E-state index < -0.39 is 0 Å². The van der Waals surface area contributed by atoms with Gasteiger partial charge in [0, 0.05) is 20.1 Å². The lowest BCUT2D eigenvalue weighted by atomic mass is 10.0. The minimum absolute atomic E-state index is 0.177. The largest absolute Gasteiger partial charge is 0.312 e. The first-order valence-corrected chi connectivity index (χ1v) is 8.37. The molecule has 21 heavy (non-hydrogen) atoms. The molecular formula is C17H15BrFNS. The number of hydrogen-bond donors (Lipinski definition) is 1. The monoisotopic (exact) mass is 363 g/mol. The number of benzene rings is 2. The molecule has 3 rings (SSSR count). The van der Waals surface area contributed by atoms with Crippen molar-refractivity contribution in [2.45, 2.75) is 12.5 Å². The van der Waals surface area contributed by atoms with Crippen molar-refractivity contribution in [3.63, 3.8) is 0 Å². The molecule has 108 valence electrons. The lowest BCUT2D eigenvalue weighted by Crippen LogP contribution is -2.17. The molecule has 0 aliphatic rings. The number of hydrogen-bond acceptors (Lipinski definition) is 2. The normalized spacial score (nSPS) is 12.7. The fourth-order valence-electron chi connectivity index (χ4n) is 2.44. The first kappa shape index (κ1) is 14.7. The highest BCUT2D eigenvalue weighted by molar-refractivity contribution is 9.10. The van der Waals surface area contributed by atoms with Crippen LogP contribution in [0.5, 0.6) is 0 Å². The molecule has 0 fully saturated rings. The Labute approximate surface area is 135 Å². The van der Waals surface area contributed by atoms with Crippen LogP contribution in [0.15, 0.2) is 53.0 Å². The van der Waals surface area contributed by atoms with Gasteiger partial charge in [0.1, 0.15) is 5.82 Å². The highest BCUT2D eigenvalue weighted by Crippen LogP contribution is 2.32. The van der Waals surface area contributed by atoms with Crippen LogP contribution >= 0.6 is 27.3 Å². The van der Waals surface area contributed by atoms with Gasteiger partial charge in [0.25, 0.3) is 0 Å². The molecule has 1 heterocycles. The van der Waals surface area contributed by atoms with Crippen LogP contribution in [0.3, 0.4) is 0 Å². The summed E-state index contributed by atoms with van der Waals surface area (Å²) in [5.74, 6) is -0.177. The van der Waals surface area contributed by atoms with E-state index in [9.17, 15) is 4.39 Å². The van der Waals surface area contributed by atoms with Crippen LogP contribution in [0.1, 0.15) is 16.5 Å². The highest BCUT2D eigenvalue weighted by atomic mass is 79.9. The summed E-state index contributed by atoms with van der Waals surface area (Å²) < 4.78 is 15.4. The molecule has 2 aromatic carbocycles. The van der Waals surface area contributed by atoms with Crippen LogP contribution in [-0.4, -0.2) is 7.05 Å². The van der Waals surface area contributed by atoms with Gasteiger partial charge in [-0.25, -0.2) is 4.39 Å². The molecule has 0 bridgehead atoms. The van der Waals surface area contributed by atoms with E-state index in [-0.39, 0.29) is 11.9 Å². The summed E-state index contributed by atoms with van der Waals surface area (Å²) in [5, 5.41) is 4.47. The molecule has 1 nitrogen and oxygen atoms in total. The van der Waals surface area contributed by atoms with Crippen LogP contribution in [0.25, 0.3) is 10.1 Å². The molecule has 1 unspecified atom stereocenters. The zero-order valence-electron chi connectivity index (χ0n) is 11.6. The van der Waals surface area contributed by atoms with Gasteiger partial charge >= 0.3 is 0 Å². The molecule has 3 aromatic rings. The maximum absolute atomic E-state index is 13.3. The van der Waals surface area contributed by atoms with Gasteiger partial charge in [0.2, 0.25) is 0 Å². The predicted octanol–water partition coefficient (Wildman–Crippen LogP) is 5.31. The maximum Gasteiger partial charge on any atom is 0.124 e. The van der Waals surface area contributed by atoms with E-state index in [1.54, 1.807) is 17.4 Å². The smallest absolute Gasteiger partial charge is 0.124 e. The van der Waals surface area contributed by atoms with Gasteiger partial charge in [-0.3, -0.25) is 0 Å². The first-order valence-electron chi connectivity index (χ1n) is 6.76. The highest BCUT2D eigenvalue weighted by Gasteiger charge is 2.14. The number of likely N-dealkylation sites (N-methyl/N-ethyl adjacent to an activating group) is 1. The first-order chi connectivity index (χ1) is 10.2. The van der Waals surface area contributed by atoms with Crippen molar-refractivity contribution in [1.29, 1.82) is 0 Å². The zero-order valence-corrected chi connectivity index (χ0v) is 14.0. The molecule has 0 spiro atoms. The lowest BCUT2D eigenvalue weighted by molar-refractivity contribution is 0.602. The summed E-state index contributed by atoms with van der Waals surface area (Å²) in [6.07, 6.45) is 0.908. The molecule has 1 N–H and O–H groups in total. The summed E-state index contributed by atoms with van der Waals surface area (Å²) in [6.45, 7) is 0. The number of rotatable bonds is 4. The van der Waals surface area contributed by atoms with E-state index in [0.717, 1.165) is 21.0 Å². The van der Waals surface area contributed by atoms with Crippen LogP contribution in [-0.2, 0) is 6.42 Å². The van der Waals surface area contributed by atoms with E-state index in [1.807, 2.05) is 25.2 Å². The van der Waals surface area contributed by atoms with Crippen molar-refractivity contribution in [2.75, 3.05) is 7.05 Å². The minimum Gasteiger partial charge on any atom is -0.312 e. The number of halogens is 2. The quantitative estimate of drug-likeness (QED) is 0.662. The SMILES string of the molecule is CNC(Cc1cccc(Br)c1)c1cc2ccc(F)cc2s1. The topological polar surface area (TPSA) is 12.0 Å². The van der Waals surface area contributed by atoms with Crippen LogP contribution < -0.4 is 5.32 Å². The molecule has 0 amide bonds. The second-order valence-corrected chi connectivity index (χ2v) is 7.04. The zero-order chi connectivity index (χ0) is 14.8. The second-order valence-electron chi connectivity index (χ2n) is 5.01. The Kier molecular flexibility index (Phi) is 4.38. The van der Waals surface area contributed by atoms with E-state index in [4.69, 9.17) is 0 Å². The van der Waals surface area contributed by atoms with Gasteiger partial charge in [-0.05, 0) is 54.8 Å². The van der Waals surface area contributed by atoms with E-state index in [1.165, 1.54) is 16.5 Å². The molecule has 0 aliphatic heterocycles. The molecule has 0 radical (unpaired) electrons. The summed E-state index contributed by atoms with van der Waals surface area (Å²) in [4.78, 5) is 1.23. The van der Waals surface area contributed by atoms with E-state index in [2.05, 4.69) is 39.4 Å². The average molecular weight is 364 g/mol. The van der Waals surface area contributed by atoms with E-state index >= 15 is 0 Å². The Hall–Kier alpha value is -1.23. The summed E-state index contributed by atoms with van der Waals surface area (Å²) in [7, 11) is 1.97. The lowest BCUT2D eigenvalue weighted by Gasteiger charge is -2.14. The van der Waals surface area contributed by atoms with Crippen LogP contribution in [0, 0.1) is 5.82 Å². The Morgan fingerprint density at radius 3 is 2.81 bits per heavy atom. The maximum atomic E-state index is 13.3. The van der Waals surface area contributed by atoms with Crippen molar-refractivity contribution in [3.8, 4) is 0 Å². The molecular weight excluding hydrogens is 349 g/mol. The summed E-state index contributed by atoms with van der Waals surface area (Å²) >= 11 is 5.16. The third-order valence-corrected chi connectivity index (χ3v) is 5.23. The Balaban J connectivity index is 1.90. The number of nitrogens with one attached hydrogen (secondary N) is 1. The molecule has 4 heteroatoms. The van der Waals surface area contributed by atoms with Crippen molar-refractivity contribution < 1.29 is 4.39 Å². The van der Waals surface area contributed by atoms with Gasteiger partial charge in [-0.15, -0.1) is 11.3 Å². The fraction of sp³-hybridized carbons (Fsp3) is 0.176. The Morgan fingerprint density at radius 1 is 1.19 bits per heavy atom. The summed E-state index contributed by atoms with van der Waals surface area (Å²) in [6, 6.07) is 15.7. The van der Waals surface area contributed by atoms with Gasteiger partial charge in [0.05, 0.1) is 0 Å². The molecule has 1 atom stereocenters. The molecule has 1 aromatic heterocycles. The van der Waals surface area contributed by atoms with Crippen molar-refractivity contribution in [1.82, 2.24) is 5.32 Å². The second kappa shape index (κ2) is 6.26. The predicted molar refractivity (Wildman–Crippen MR) is 91.4 cm³/mol. The Morgan fingerprint density at radius 2 is 2.05 bits per heavy atom. The van der Waals surface area contributed by atoms with Crippen molar-refractivity contribution in [3.05, 3.63) is 69.3 Å². The van der Waals surface area contributed by atoms with Crippen molar-refractivity contribution in [2.24, 2.45) is 0 Å². The number of thiophene rings is 1. The van der Waals surface area contributed by atoms with Gasteiger partial charge < -0.3 is 5.32 Å².